The lowest BCUT2D eigenvalue weighted by molar-refractivity contribution is 0.0690. The molecule has 0 aliphatic carbocycles. The molecule has 0 atom stereocenters. The van der Waals surface area contributed by atoms with Crippen LogP contribution in [0.1, 0.15) is 10.5 Å². The van der Waals surface area contributed by atoms with Gasteiger partial charge in [0.1, 0.15) is 6.26 Å². The van der Waals surface area contributed by atoms with Crippen LogP contribution in [0.5, 0.6) is 0 Å². The van der Waals surface area contributed by atoms with Crippen LogP contribution in [-0.2, 0) is 0 Å². The molecule has 2 aromatic heterocycles. The quantitative estimate of drug-likeness (QED) is 0.896. The largest absolute Gasteiger partial charge is 0.476 e. The van der Waals surface area contributed by atoms with E-state index in [9.17, 15) is 4.79 Å². The molecule has 0 unspecified atom stereocenters. The van der Waals surface area contributed by atoms with Gasteiger partial charge < -0.3 is 9.52 Å². The summed E-state index contributed by atoms with van der Waals surface area (Å²) in [5.41, 5.74) is -0.0920. The molecule has 7 heteroatoms. The molecular formula is C8H3Br2NO3S. The zero-order valence-electron chi connectivity index (χ0n) is 7.03. The van der Waals surface area contributed by atoms with Crippen molar-refractivity contribution in [1.82, 2.24) is 4.98 Å². The molecule has 4 nitrogen and oxygen atoms in total. The van der Waals surface area contributed by atoms with E-state index >= 15 is 0 Å². The lowest BCUT2D eigenvalue weighted by atomic mass is 10.4. The molecule has 2 aromatic rings. The van der Waals surface area contributed by atoms with Crippen molar-refractivity contribution in [3.05, 3.63) is 26.3 Å². The number of carboxylic acid groups (broad SMARTS) is 1. The second-order valence-electron chi connectivity index (χ2n) is 2.58. The predicted octanol–water partition coefficient (Wildman–Crippen LogP) is 3.63. The summed E-state index contributed by atoms with van der Waals surface area (Å²) in [5, 5.41) is 8.67. The van der Waals surface area contributed by atoms with Crippen LogP contribution >= 0.6 is 43.2 Å². The maximum absolute atomic E-state index is 10.6. The molecule has 1 N–H and O–H groups in total. The Morgan fingerprint density at radius 2 is 2.27 bits per heavy atom. The number of carbonyl (C=O) groups is 1. The smallest absolute Gasteiger partial charge is 0.357 e. The molecule has 0 amide bonds. The van der Waals surface area contributed by atoms with Gasteiger partial charge >= 0.3 is 5.97 Å². The molecule has 0 bridgehead atoms. The third-order valence-electron chi connectivity index (χ3n) is 1.58. The fourth-order valence-corrected chi connectivity index (χ4v) is 2.91. The molecule has 0 aromatic carbocycles. The van der Waals surface area contributed by atoms with Crippen LogP contribution in [0.3, 0.4) is 0 Å². The maximum atomic E-state index is 10.6. The lowest BCUT2D eigenvalue weighted by Crippen LogP contribution is -1.95. The Morgan fingerprint density at radius 3 is 2.73 bits per heavy atom. The molecule has 0 fully saturated rings. The summed E-state index contributed by atoms with van der Waals surface area (Å²) in [6, 6.07) is 1.81. The van der Waals surface area contributed by atoms with Gasteiger partial charge in [-0.2, -0.15) is 0 Å². The molecule has 0 saturated carbocycles. The van der Waals surface area contributed by atoms with Gasteiger partial charge in [-0.05, 0) is 37.9 Å². The van der Waals surface area contributed by atoms with Crippen molar-refractivity contribution in [3.63, 3.8) is 0 Å². The van der Waals surface area contributed by atoms with Crippen LogP contribution in [-0.4, -0.2) is 16.1 Å². The van der Waals surface area contributed by atoms with Gasteiger partial charge in [-0.1, -0.05) is 0 Å². The van der Waals surface area contributed by atoms with Crippen LogP contribution in [0.4, 0.5) is 0 Å². The van der Waals surface area contributed by atoms with E-state index in [-0.39, 0.29) is 5.69 Å². The lowest BCUT2D eigenvalue weighted by Gasteiger charge is -1.84. The van der Waals surface area contributed by atoms with Crippen molar-refractivity contribution in [1.29, 1.82) is 0 Å². The van der Waals surface area contributed by atoms with Gasteiger partial charge in [-0.25, -0.2) is 9.78 Å². The first kappa shape index (κ1) is 10.8. The summed E-state index contributed by atoms with van der Waals surface area (Å²) in [7, 11) is 0. The van der Waals surface area contributed by atoms with Crippen molar-refractivity contribution in [2.75, 3.05) is 0 Å². The van der Waals surface area contributed by atoms with E-state index in [0.29, 0.717) is 5.89 Å². The number of halogens is 2. The number of carboxylic acids is 1. The number of thiophene rings is 1. The predicted molar refractivity (Wildman–Crippen MR) is 62.2 cm³/mol. The van der Waals surface area contributed by atoms with E-state index in [1.165, 1.54) is 11.3 Å². The Hall–Kier alpha value is -0.660. The summed E-state index contributed by atoms with van der Waals surface area (Å²) in [6.45, 7) is 0. The van der Waals surface area contributed by atoms with Crippen molar-refractivity contribution in [2.24, 2.45) is 0 Å². The third kappa shape index (κ3) is 2.14. The SMILES string of the molecule is O=C(O)c1coc(-c2cc(Br)c(Br)s2)n1. The number of oxazole rings is 1. The van der Waals surface area contributed by atoms with Gasteiger partial charge in [0.05, 0.1) is 8.66 Å². The minimum Gasteiger partial charge on any atom is -0.476 e. The molecule has 2 rings (SSSR count). The molecule has 0 saturated heterocycles. The number of hydrogen-bond donors (Lipinski definition) is 1. The highest BCUT2D eigenvalue weighted by molar-refractivity contribution is 9.13. The standard InChI is InChI=1S/C8H3Br2NO3S/c9-3-1-5(15-6(3)10)7-11-4(2-14-7)8(12)13/h1-2H,(H,12,13). The van der Waals surface area contributed by atoms with E-state index in [1.807, 2.05) is 6.07 Å². The zero-order chi connectivity index (χ0) is 11.0. The number of aromatic nitrogens is 1. The first-order valence-electron chi connectivity index (χ1n) is 3.72. The molecule has 0 aliphatic rings. The van der Waals surface area contributed by atoms with E-state index in [2.05, 4.69) is 36.8 Å². The first-order chi connectivity index (χ1) is 7.08. The summed E-state index contributed by atoms with van der Waals surface area (Å²) in [4.78, 5) is 15.2. The van der Waals surface area contributed by atoms with Crippen LogP contribution in [0.2, 0.25) is 0 Å². The van der Waals surface area contributed by atoms with Crippen molar-refractivity contribution in [3.8, 4) is 10.8 Å². The molecule has 78 valence electrons. The highest BCUT2D eigenvalue weighted by Crippen LogP contribution is 2.37. The Balaban J connectivity index is 2.41. The molecule has 0 radical (unpaired) electrons. The highest BCUT2D eigenvalue weighted by atomic mass is 79.9. The first-order valence-corrected chi connectivity index (χ1v) is 6.12. The Kier molecular flexibility index (Phi) is 2.94. The van der Waals surface area contributed by atoms with Crippen molar-refractivity contribution in [2.45, 2.75) is 0 Å². The van der Waals surface area contributed by atoms with Crippen LogP contribution in [0, 0.1) is 0 Å². The normalized spacial score (nSPS) is 10.5. The van der Waals surface area contributed by atoms with Gasteiger partial charge in [0, 0.05) is 4.47 Å². The van der Waals surface area contributed by atoms with Crippen molar-refractivity contribution < 1.29 is 14.3 Å². The summed E-state index contributed by atoms with van der Waals surface area (Å²) in [5.74, 6) is -0.788. The molecule has 0 spiro atoms. The summed E-state index contributed by atoms with van der Waals surface area (Å²) >= 11 is 8.07. The van der Waals surface area contributed by atoms with Crippen molar-refractivity contribution >= 4 is 49.2 Å². The fourth-order valence-electron chi connectivity index (χ4n) is 0.937. The monoisotopic (exact) mass is 351 g/mol. The van der Waals surface area contributed by atoms with Gasteiger partial charge in [0.2, 0.25) is 5.89 Å². The second kappa shape index (κ2) is 4.07. The van der Waals surface area contributed by atoms with E-state index in [0.717, 1.165) is 19.4 Å². The maximum Gasteiger partial charge on any atom is 0.357 e. The Labute approximate surface area is 105 Å². The minimum atomic E-state index is -1.10. The van der Waals surface area contributed by atoms with Gasteiger partial charge in [0.15, 0.2) is 5.69 Å². The Morgan fingerprint density at radius 1 is 1.53 bits per heavy atom. The van der Waals surface area contributed by atoms with Gasteiger partial charge in [-0.3, -0.25) is 0 Å². The average Bonchev–Trinajstić information content (AvgIpc) is 2.74. The number of nitrogens with zero attached hydrogens (tertiary/aromatic N) is 1. The van der Waals surface area contributed by atoms with Crippen LogP contribution in [0.25, 0.3) is 10.8 Å². The molecule has 2 heterocycles. The molecular weight excluding hydrogens is 350 g/mol. The number of hydrogen-bond acceptors (Lipinski definition) is 4. The summed E-state index contributed by atoms with van der Waals surface area (Å²) < 4.78 is 6.85. The average molecular weight is 353 g/mol. The number of rotatable bonds is 2. The summed E-state index contributed by atoms with van der Waals surface area (Å²) in [6.07, 6.45) is 1.12. The topological polar surface area (TPSA) is 63.3 Å². The highest BCUT2D eigenvalue weighted by Gasteiger charge is 2.14. The fraction of sp³-hybridized carbons (Fsp3) is 0. The van der Waals surface area contributed by atoms with E-state index < -0.39 is 5.97 Å². The third-order valence-corrected chi connectivity index (χ3v) is 4.82. The second-order valence-corrected chi connectivity index (χ2v) is 5.80. The molecule has 0 aliphatic heterocycles. The zero-order valence-corrected chi connectivity index (χ0v) is 11.0. The van der Waals surface area contributed by atoms with Crippen LogP contribution in [0.15, 0.2) is 25.0 Å². The Bertz CT molecular complexity index is 500. The van der Waals surface area contributed by atoms with Crippen LogP contribution < -0.4 is 0 Å². The van der Waals surface area contributed by atoms with E-state index in [1.54, 1.807) is 0 Å². The van der Waals surface area contributed by atoms with Gasteiger partial charge in [-0.15, -0.1) is 11.3 Å². The molecule has 15 heavy (non-hydrogen) atoms. The number of aromatic carboxylic acids is 1. The minimum absolute atomic E-state index is 0.0920. The van der Waals surface area contributed by atoms with E-state index in [4.69, 9.17) is 9.52 Å². The van der Waals surface area contributed by atoms with Gasteiger partial charge in [0.25, 0.3) is 0 Å².